The fraction of sp³-hybridized carbons (Fsp3) is 0.107. The van der Waals surface area contributed by atoms with Crippen LogP contribution in [0.4, 0.5) is 4.79 Å². The fourth-order valence-corrected chi connectivity index (χ4v) is 4.87. The molecule has 0 aliphatic heterocycles. The van der Waals surface area contributed by atoms with Crippen molar-refractivity contribution in [3.05, 3.63) is 94.5 Å². The lowest BCUT2D eigenvalue weighted by molar-refractivity contribution is 0.142. The molecule has 0 saturated carbocycles. The summed E-state index contributed by atoms with van der Waals surface area (Å²) in [5.41, 5.74) is 3.14. The number of carboxylic acid groups (broad SMARTS) is 1. The van der Waals surface area contributed by atoms with Gasteiger partial charge in [-0.3, -0.25) is 0 Å². The Labute approximate surface area is 211 Å². The smallest absolute Gasteiger partial charge is 0.493 e. The number of carbonyl (C=O) groups is 1. The first-order valence-corrected chi connectivity index (χ1v) is 11.9. The van der Waals surface area contributed by atoms with Crippen molar-refractivity contribution in [3.8, 4) is 22.8 Å². The molecule has 176 valence electrons. The monoisotopic (exact) mass is 505 g/mol. The van der Waals surface area contributed by atoms with Gasteiger partial charge in [0.2, 0.25) is 5.88 Å². The van der Waals surface area contributed by atoms with Crippen LogP contribution in [0.15, 0.2) is 78.9 Å². The highest BCUT2D eigenvalue weighted by Crippen LogP contribution is 2.39. The molecule has 0 bridgehead atoms. The average molecular weight is 506 g/mol. The molecule has 0 fully saturated rings. The van der Waals surface area contributed by atoms with Crippen molar-refractivity contribution >= 4 is 51.0 Å². The van der Waals surface area contributed by atoms with Crippen molar-refractivity contribution in [1.29, 1.82) is 0 Å². The second kappa shape index (κ2) is 9.90. The van der Waals surface area contributed by atoms with Crippen LogP contribution >= 0.6 is 23.2 Å². The third-order valence-corrected chi connectivity index (χ3v) is 6.44. The lowest BCUT2D eigenvalue weighted by Crippen LogP contribution is -2.06. The van der Waals surface area contributed by atoms with E-state index >= 15 is 0 Å². The van der Waals surface area contributed by atoms with Crippen LogP contribution in [0.25, 0.3) is 32.8 Å². The summed E-state index contributed by atoms with van der Waals surface area (Å²) in [6.07, 6.45) is -0.153. The Hall–Kier alpha value is -3.67. The van der Waals surface area contributed by atoms with E-state index < -0.39 is 6.16 Å². The Kier molecular flexibility index (Phi) is 6.53. The Morgan fingerprint density at radius 2 is 1.66 bits per heavy atom. The van der Waals surface area contributed by atoms with E-state index in [4.69, 9.17) is 32.7 Å². The molecule has 0 saturated heterocycles. The van der Waals surface area contributed by atoms with E-state index in [0.717, 1.165) is 44.1 Å². The molecule has 5 nitrogen and oxygen atoms in total. The summed E-state index contributed by atoms with van der Waals surface area (Å²) in [7, 11) is 0. The first-order chi connectivity index (χ1) is 17.0. The lowest BCUT2D eigenvalue weighted by atomic mass is 10.0. The predicted molar refractivity (Wildman–Crippen MR) is 140 cm³/mol. The highest BCUT2D eigenvalue weighted by atomic mass is 35.5. The van der Waals surface area contributed by atoms with Gasteiger partial charge in [0, 0.05) is 37.5 Å². The van der Waals surface area contributed by atoms with Gasteiger partial charge in [0.15, 0.2) is 0 Å². The molecule has 0 amide bonds. The van der Waals surface area contributed by atoms with Crippen molar-refractivity contribution in [2.75, 3.05) is 6.61 Å². The van der Waals surface area contributed by atoms with Crippen LogP contribution in [0.3, 0.4) is 0 Å². The molecular weight excluding hydrogens is 485 g/mol. The van der Waals surface area contributed by atoms with Gasteiger partial charge in [0.05, 0.1) is 12.1 Å². The standard InChI is InChI=1S/C28H21Cl2NO4/c29-18-13-14-20(24(30)16-18)21-9-4-10-22-23(27(31-26(21)22)35-28(32)33)11-5-15-34-25-12-3-7-17-6-1-2-8-19(17)25/h1-4,6-10,12-14,16,31H,5,11,15H2,(H,32,33). The number of aryl methyl sites for hydroxylation is 1. The number of hydrogen-bond acceptors (Lipinski definition) is 3. The molecule has 5 aromatic rings. The second-order valence-electron chi connectivity index (χ2n) is 8.08. The molecule has 0 unspecified atom stereocenters. The molecule has 7 heteroatoms. The summed E-state index contributed by atoms with van der Waals surface area (Å²) < 4.78 is 11.2. The zero-order chi connectivity index (χ0) is 24.4. The summed E-state index contributed by atoms with van der Waals surface area (Å²) in [5.74, 6) is 1.03. The van der Waals surface area contributed by atoms with E-state index in [1.165, 1.54) is 0 Å². The zero-order valence-corrected chi connectivity index (χ0v) is 20.1. The van der Waals surface area contributed by atoms with Crippen LogP contribution in [0, 0.1) is 0 Å². The molecule has 35 heavy (non-hydrogen) atoms. The fourth-order valence-electron chi connectivity index (χ4n) is 4.36. The van der Waals surface area contributed by atoms with Gasteiger partial charge >= 0.3 is 6.16 Å². The van der Waals surface area contributed by atoms with Crippen LogP contribution in [0.1, 0.15) is 12.0 Å². The number of halogens is 2. The van der Waals surface area contributed by atoms with Gasteiger partial charge in [-0.25, -0.2) is 4.79 Å². The highest BCUT2D eigenvalue weighted by Gasteiger charge is 2.19. The van der Waals surface area contributed by atoms with Crippen molar-refractivity contribution in [2.24, 2.45) is 0 Å². The van der Waals surface area contributed by atoms with Gasteiger partial charge in [0.25, 0.3) is 0 Å². The van der Waals surface area contributed by atoms with E-state index in [0.29, 0.717) is 29.5 Å². The van der Waals surface area contributed by atoms with E-state index in [9.17, 15) is 9.90 Å². The maximum atomic E-state index is 11.4. The van der Waals surface area contributed by atoms with E-state index in [-0.39, 0.29) is 5.88 Å². The molecule has 0 radical (unpaired) electrons. The van der Waals surface area contributed by atoms with Gasteiger partial charge in [-0.1, -0.05) is 83.9 Å². The second-order valence-corrected chi connectivity index (χ2v) is 8.93. The summed E-state index contributed by atoms with van der Waals surface area (Å²) in [4.78, 5) is 14.5. The van der Waals surface area contributed by atoms with Gasteiger partial charge in [-0.05, 0) is 36.4 Å². The number of rotatable bonds is 7. The largest absolute Gasteiger partial charge is 0.512 e. The van der Waals surface area contributed by atoms with Crippen molar-refractivity contribution in [3.63, 3.8) is 0 Å². The Balaban J connectivity index is 1.43. The van der Waals surface area contributed by atoms with Gasteiger partial charge in [0.1, 0.15) is 5.75 Å². The average Bonchev–Trinajstić information content (AvgIpc) is 3.18. The van der Waals surface area contributed by atoms with E-state index in [1.54, 1.807) is 12.1 Å². The molecule has 5 rings (SSSR count). The molecule has 1 heterocycles. The molecule has 4 aromatic carbocycles. The summed E-state index contributed by atoms with van der Waals surface area (Å²) in [6, 6.07) is 25.1. The Morgan fingerprint density at radius 3 is 2.49 bits per heavy atom. The van der Waals surface area contributed by atoms with Crippen LogP contribution in [0.2, 0.25) is 10.0 Å². The molecule has 1 aromatic heterocycles. The number of para-hydroxylation sites is 1. The van der Waals surface area contributed by atoms with Gasteiger partial charge < -0.3 is 19.6 Å². The summed E-state index contributed by atoms with van der Waals surface area (Å²) in [5, 5.41) is 13.4. The molecule has 0 atom stereocenters. The molecule has 0 aliphatic carbocycles. The lowest BCUT2D eigenvalue weighted by Gasteiger charge is -2.10. The SMILES string of the molecule is O=C(O)Oc1[nH]c2c(-c3ccc(Cl)cc3Cl)cccc2c1CCCOc1cccc2ccccc12. The van der Waals surface area contributed by atoms with Gasteiger partial charge in [-0.2, -0.15) is 0 Å². The van der Waals surface area contributed by atoms with Crippen LogP contribution in [-0.2, 0) is 6.42 Å². The van der Waals surface area contributed by atoms with Crippen LogP contribution in [-0.4, -0.2) is 22.9 Å². The number of ether oxygens (including phenoxy) is 2. The minimum absolute atomic E-state index is 0.204. The van der Waals surface area contributed by atoms with Crippen LogP contribution in [0.5, 0.6) is 11.6 Å². The topological polar surface area (TPSA) is 71.5 Å². The number of hydrogen-bond donors (Lipinski definition) is 2. The third-order valence-electron chi connectivity index (χ3n) is 5.89. The van der Waals surface area contributed by atoms with Gasteiger partial charge in [-0.15, -0.1) is 0 Å². The van der Waals surface area contributed by atoms with Crippen molar-refractivity contribution < 1.29 is 19.4 Å². The summed E-state index contributed by atoms with van der Waals surface area (Å²) >= 11 is 12.5. The quantitative estimate of drug-likeness (QED) is 0.172. The van der Waals surface area contributed by atoms with Crippen molar-refractivity contribution in [2.45, 2.75) is 12.8 Å². The number of H-pyrrole nitrogens is 1. The maximum Gasteiger partial charge on any atom is 0.512 e. The Bertz CT molecular complexity index is 1540. The first-order valence-electron chi connectivity index (χ1n) is 11.1. The van der Waals surface area contributed by atoms with E-state index in [2.05, 4.69) is 4.98 Å². The van der Waals surface area contributed by atoms with E-state index in [1.807, 2.05) is 66.7 Å². The van der Waals surface area contributed by atoms with Crippen molar-refractivity contribution in [1.82, 2.24) is 4.98 Å². The number of nitrogens with one attached hydrogen (secondary N) is 1. The number of aromatic amines is 1. The number of fused-ring (bicyclic) bond motifs is 2. The normalized spacial score (nSPS) is 11.1. The minimum atomic E-state index is -1.38. The minimum Gasteiger partial charge on any atom is -0.493 e. The summed E-state index contributed by atoms with van der Waals surface area (Å²) in [6.45, 7) is 0.468. The molecule has 0 aliphatic rings. The number of aromatic nitrogens is 1. The highest BCUT2D eigenvalue weighted by molar-refractivity contribution is 6.36. The zero-order valence-electron chi connectivity index (χ0n) is 18.6. The Morgan fingerprint density at radius 1 is 0.886 bits per heavy atom. The third kappa shape index (κ3) is 4.78. The molecular formula is C28H21Cl2NO4. The first kappa shape index (κ1) is 23.1. The number of benzene rings is 4. The maximum absolute atomic E-state index is 11.4. The molecule has 0 spiro atoms. The predicted octanol–water partition coefficient (Wildman–Crippen LogP) is 8.36. The molecule has 2 N–H and O–H groups in total. The van der Waals surface area contributed by atoms with Crippen LogP contribution < -0.4 is 9.47 Å².